The topological polar surface area (TPSA) is 73.6 Å². The van der Waals surface area contributed by atoms with E-state index in [9.17, 15) is 4.79 Å². The predicted molar refractivity (Wildman–Crippen MR) is 90.5 cm³/mol. The zero-order chi connectivity index (χ0) is 17.1. The molecule has 0 radical (unpaired) electrons. The van der Waals surface area contributed by atoms with E-state index in [2.05, 4.69) is 10.3 Å². The van der Waals surface area contributed by atoms with Gasteiger partial charge in [0.2, 0.25) is 5.89 Å². The number of hydrogen-bond donors (Lipinski definition) is 1. The van der Waals surface area contributed by atoms with Crippen molar-refractivity contribution >= 4 is 5.91 Å². The van der Waals surface area contributed by atoms with Gasteiger partial charge in [0.25, 0.3) is 5.91 Å². The molecule has 3 aromatic rings. The molecular formula is C19H16N2O4. The molecule has 0 aliphatic carbocycles. The SMILES string of the molecule is O=C(NCc1coc(-c2ccccc2)n1)c1cccc2c1OCCO2. The largest absolute Gasteiger partial charge is 0.486 e. The van der Waals surface area contributed by atoms with Gasteiger partial charge in [0.15, 0.2) is 11.5 Å². The number of oxazole rings is 1. The van der Waals surface area contributed by atoms with E-state index in [1.165, 1.54) is 0 Å². The molecule has 1 aromatic heterocycles. The summed E-state index contributed by atoms with van der Waals surface area (Å²) >= 11 is 0. The van der Waals surface area contributed by atoms with Crippen LogP contribution in [0.25, 0.3) is 11.5 Å². The number of amides is 1. The number of carbonyl (C=O) groups is 1. The average Bonchev–Trinajstić information content (AvgIpc) is 3.15. The van der Waals surface area contributed by atoms with Crippen LogP contribution in [0.3, 0.4) is 0 Å². The lowest BCUT2D eigenvalue weighted by Gasteiger charge is -2.20. The monoisotopic (exact) mass is 336 g/mol. The maximum absolute atomic E-state index is 12.5. The maximum Gasteiger partial charge on any atom is 0.255 e. The second-order valence-corrected chi connectivity index (χ2v) is 5.52. The fourth-order valence-electron chi connectivity index (χ4n) is 2.62. The number of nitrogens with zero attached hydrogens (tertiary/aromatic N) is 1. The van der Waals surface area contributed by atoms with Crippen LogP contribution in [-0.4, -0.2) is 24.1 Å². The van der Waals surface area contributed by atoms with Crippen LogP contribution in [0.15, 0.2) is 59.2 Å². The molecule has 6 nitrogen and oxygen atoms in total. The second kappa shape index (κ2) is 6.68. The number of ether oxygens (including phenoxy) is 2. The van der Waals surface area contributed by atoms with Gasteiger partial charge in [-0.25, -0.2) is 4.98 Å². The molecule has 0 atom stereocenters. The van der Waals surface area contributed by atoms with E-state index in [-0.39, 0.29) is 12.5 Å². The van der Waals surface area contributed by atoms with E-state index < -0.39 is 0 Å². The molecule has 0 saturated heterocycles. The molecule has 0 unspecified atom stereocenters. The van der Waals surface area contributed by atoms with E-state index in [0.717, 1.165) is 5.56 Å². The van der Waals surface area contributed by atoms with E-state index in [0.29, 0.717) is 41.9 Å². The lowest BCUT2D eigenvalue weighted by molar-refractivity contribution is 0.0939. The number of fused-ring (bicyclic) bond motifs is 1. The Morgan fingerprint density at radius 2 is 1.88 bits per heavy atom. The van der Waals surface area contributed by atoms with Crippen LogP contribution in [0.4, 0.5) is 0 Å². The Labute approximate surface area is 144 Å². The van der Waals surface area contributed by atoms with Gasteiger partial charge in [0, 0.05) is 5.56 Å². The van der Waals surface area contributed by atoms with Crippen molar-refractivity contribution in [2.75, 3.05) is 13.2 Å². The first-order chi connectivity index (χ1) is 12.3. The van der Waals surface area contributed by atoms with Crippen molar-refractivity contribution in [2.45, 2.75) is 6.54 Å². The molecule has 0 saturated carbocycles. The second-order valence-electron chi connectivity index (χ2n) is 5.52. The minimum absolute atomic E-state index is 0.244. The van der Waals surface area contributed by atoms with E-state index in [4.69, 9.17) is 13.9 Å². The zero-order valence-corrected chi connectivity index (χ0v) is 13.4. The molecule has 4 rings (SSSR count). The number of aromatic nitrogens is 1. The van der Waals surface area contributed by atoms with Gasteiger partial charge in [0.05, 0.1) is 17.8 Å². The summed E-state index contributed by atoms with van der Waals surface area (Å²) in [6, 6.07) is 14.9. The summed E-state index contributed by atoms with van der Waals surface area (Å²) in [5, 5.41) is 2.83. The number of benzene rings is 2. The zero-order valence-electron chi connectivity index (χ0n) is 13.4. The fraction of sp³-hybridized carbons (Fsp3) is 0.158. The summed E-state index contributed by atoms with van der Waals surface area (Å²) in [6.07, 6.45) is 1.54. The Bertz CT molecular complexity index is 889. The van der Waals surface area contributed by atoms with Crippen molar-refractivity contribution in [1.29, 1.82) is 0 Å². The third kappa shape index (κ3) is 3.19. The van der Waals surface area contributed by atoms with Crippen LogP contribution in [0.2, 0.25) is 0 Å². The van der Waals surface area contributed by atoms with Gasteiger partial charge in [-0.05, 0) is 24.3 Å². The number of nitrogens with one attached hydrogen (secondary N) is 1. The average molecular weight is 336 g/mol. The van der Waals surface area contributed by atoms with Gasteiger partial charge >= 0.3 is 0 Å². The number of carbonyl (C=O) groups excluding carboxylic acids is 1. The Hall–Kier alpha value is -3.28. The van der Waals surface area contributed by atoms with Gasteiger partial charge in [-0.1, -0.05) is 24.3 Å². The van der Waals surface area contributed by atoms with E-state index in [1.807, 2.05) is 30.3 Å². The molecule has 25 heavy (non-hydrogen) atoms. The number of para-hydroxylation sites is 1. The Kier molecular flexibility index (Phi) is 4.08. The van der Waals surface area contributed by atoms with Gasteiger partial charge in [0.1, 0.15) is 19.5 Å². The molecule has 126 valence electrons. The lowest BCUT2D eigenvalue weighted by Crippen LogP contribution is -2.25. The first-order valence-corrected chi connectivity index (χ1v) is 7.98. The van der Waals surface area contributed by atoms with Crippen LogP contribution in [-0.2, 0) is 6.54 Å². The highest BCUT2D eigenvalue weighted by molar-refractivity contribution is 5.97. The standard InChI is InChI=1S/C19H16N2O4/c22-18(15-7-4-8-16-17(15)24-10-9-23-16)20-11-14-12-25-19(21-14)13-5-2-1-3-6-13/h1-8,12H,9-11H2,(H,20,22). The van der Waals surface area contributed by atoms with Crippen molar-refractivity contribution in [3.63, 3.8) is 0 Å². The molecule has 0 spiro atoms. The van der Waals surface area contributed by atoms with Gasteiger partial charge in [-0.15, -0.1) is 0 Å². The molecule has 1 aliphatic rings. The highest BCUT2D eigenvalue weighted by Gasteiger charge is 2.20. The summed E-state index contributed by atoms with van der Waals surface area (Å²) in [5.41, 5.74) is 1.99. The predicted octanol–water partition coefficient (Wildman–Crippen LogP) is 3.04. The van der Waals surface area contributed by atoms with Crippen molar-refractivity contribution in [1.82, 2.24) is 10.3 Å². The normalized spacial score (nSPS) is 12.6. The van der Waals surface area contributed by atoms with Gasteiger partial charge < -0.3 is 19.2 Å². The first kappa shape index (κ1) is 15.3. The number of rotatable bonds is 4. The van der Waals surface area contributed by atoms with Gasteiger partial charge in [-0.3, -0.25) is 4.79 Å². The summed E-state index contributed by atoms with van der Waals surface area (Å²) < 4.78 is 16.5. The van der Waals surface area contributed by atoms with Crippen LogP contribution in [0.1, 0.15) is 16.1 Å². The van der Waals surface area contributed by atoms with Crippen molar-refractivity contribution in [3.05, 3.63) is 66.1 Å². The molecular weight excluding hydrogens is 320 g/mol. The van der Waals surface area contributed by atoms with E-state index in [1.54, 1.807) is 24.5 Å². The number of hydrogen-bond acceptors (Lipinski definition) is 5. The highest BCUT2D eigenvalue weighted by Crippen LogP contribution is 2.33. The Morgan fingerprint density at radius 3 is 2.76 bits per heavy atom. The minimum atomic E-state index is -0.244. The molecule has 1 amide bonds. The van der Waals surface area contributed by atoms with Crippen molar-refractivity contribution in [2.24, 2.45) is 0 Å². The Balaban J connectivity index is 1.46. The third-order valence-corrected chi connectivity index (χ3v) is 3.81. The van der Waals surface area contributed by atoms with Crippen molar-refractivity contribution in [3.8, 4) is 23.0 Å². The molecule has 6 heteroatoms. The highest BCUT2D eigenvalue weighted by atomic mass is 16.6. The summed E-state index contributed by atoms with van der Waals surface area (Å²) in [7, 11) is 0. The van der Waals surface area contributed by atoms with Crippen LogP contribution >= 0.6 is 0 Å². The van der Waals surface area contributed by atoms with Crippen LogP contribution in [0, 0.1) is 0 Å². The third-order valence-electron chi connectivity index (χ3n) is 3.81. The quantitative estimate of drug-likeness (QED) is 0.793. The molecule has 0 fully saturated rings. The Morgan fingerprint density at radius 1 is 1.04 bits per heavy atom. The molecule has 0 bridgehead atoms. The molecule has 2 heterocycles. The van der Waals surface area contributed by atoms with Crippen molar-refractivity contribution < 1.29 is 18.7 Å². The van der Waals surface area contributed by atoms with Crippen LogP contribution < -0.4 is 14.8 Å². The summed E-state index contributed by atoms with van der Waals surface area (Å²) in [6.45, 7) is 1.18. The first-order valence-electron chi connectivity index (χ1n) is 7.98. The summed E-state index contributed by atoms with van der Waals surface area (Å²) in [5.74, 6) is 1.35. The fourth-order valence-corrected chi connectivity index (χ4v) is 2.62. The summed E-state index contributed by atoms with van der Waals surface area (Å²) in [4.78, 5) is 16.9. The molecule has 1 N–H and O–H groups in total. The lowest BCUT2D eigenvalue weighted by atomic mass is 10.1. The maximum atomic E-state index is 12.5. The van der Waals surface area contributed by atoms with E-state index >= 15 is 0 Å². The van der Waals surface area contributed by atoms with Gasteiger partial charge in [-0.2, -0.15) is 0 Å². The van der Waals surface area contributed by atoms with Crippen LogP contribution in [0.5, 0.6) is 11.5 Å². The molecule has 1 aliphatic heterocycles. The smallest absolute Gasteiger partial charge is 0.255 e. The minimum Gasteiger partial charge on any atom is -0.486 e. The molecule has 2 aromatic carbocycles.